The third-order valence-corrected chi connectivity index (χ3v) is 3.24. The van der Waals surface area contributed by atoms with Crippen molar-refractivity contribution in [1.29, 1.82) is 0 Å². The van der Waals surface area contributed by atoms with E-state index < -0.39 is 12.6 Å². The van der Waals surface area contributed by atoms with Gasteiger partial charge in [0.2, 0.25) is 0 Å². The summed E-state index contributed by atoms with van der Waals surface area (Å²) in [7, 11) is 0. The third-order valence-electron chi connectivity index (χ3n) is 3.24. The Morgan fingerprint density at radius 2 is 2.04 bits per heavy atom. The van der Waals surface area contributed by atoms with E-state index in [1.807, 2.05) is 20.8 Å². The Morgan fingerprint density at radius 1 is 1.30 bits per heavy atom. The monoisotopic (exact) mass is 317 g/mol. The largest absolute Gasteiger partial charge is 0.482 e. The molecular formula is C16H19N3O4. The number of carboxylic acids is 1. The molecule has 0 bridgehead atoms. The van der Waals surface area contributed by atoms with Crippen LogP contribution >= 0.6 is 0 Å². The van der Waals surface area contributed by atoms with E-state index in [9.17, 15) is 9.59 Å². The van der Waals surface area contributed by atoms with Gasteiger partial charge in [0.1, 0.15) is 11.4 Å². The van der Waals surface area contributed by atoms with Crippen LogP contribution < -0.4 is 10.1 Å². The molecule has 7 nitrogen and oxygen atoms in total. The van der Waals surface area contributed by atoms with Crippen molar-refractivity contribution >= 4 is 17.6 Å². The standard InChI is InChI=1S/C16H19N3O4/c1-4-19-14(8-11(3)18-19)16(22)17-13-6-5-12(7-10(13)2)23-9-15(20)21/h5-8H,4,9H2,1-3H3,(H,17,22)(H,20,21). The number of hydrogen-bond donors (Lipinski definition) is 2. The van der Waals surface area contributed by atoms with Gasteiger partial charge in [0, 0.05) is 12.2 Å². The smallest absolute Gasteiger partial charge is 0.341 e. The lowest BCUT2D eigenvalue weighted by Gasteiger charge is -2.11. The Hall–Kier alpha value is -2.83. The van der Waals surface area contributed by atoms with E-state index in [1.165, 1.54) is 0 Å². The van der Waals surface area contributed by atoms with Crippen molar-refractivity contribution in [2.75, 3.05) is 11.9 Å². The summed E-state index contributed by atoms with van der Waals surface area (Å²) >= 11 is 0. The minimum atomic E-state index is -1.04. The van der Waals surface area contributed by atoms with Crippen LogP contribution in [0.25, 0.3) is 0 Å². The van der Waals surface area contributed by atoms with Crippen LogP contribution in [0.1, 0.15) is 28.7 Å². The number of benzene rings is 1. The number of aliphatic carboxylic acids is 1. The number of aromatic nitrogens is 2. The molecule has 0 atom stereocenters. The summed E-state index contributed by atoms with van der Waals surface area (Å²) in [5, 5.41) is 15.7. The first-order valence-electron chi connectivity index (χ1n) is 7.21. The van der Waals surface area contributed by atoms with Gasteiger partial charge in [-0.2, -0.15) is 5.10 Å². The van der Waals surface area contributed by atoms with Gasteiger partial charge in [-0.25, -0.2) is 4.79 Å². The fourth-order valence-electron chi connectivity index (χ4n) is 2.17. The summed E-state index contributed by atoms with van der Waals surface area (Å²) in [6.45, 7) is 5.77. The number of hydrogen-bond acceptors (Lipinski definition) is 4. The Balaban J connectivity index is 2.13. The highest BCUT2D eigenvalue weighted by atomic mass is 16.5. The molecule has 2 aromatic rings. The maximum Gasteiger partial charge on any atom is 0.341 e. The molecule has 0 saturated heterocycles. The SMILES string of the molecule is CCn1nc(C)cc1C(=O)Nc1ccc(OCC(=O)O)cc1C. The van der Waals surface area contributed by atoms with E-state index in [0.717, 1.165) is 11.3 Å². The van der Waals surface area contributed by atoms with Gasteiger partial charge in [0.05, 0.1) is 5.69 Å². The lowest BCUT2D eigenvalue weighted by atomic mass is 10.2. The maximum atomic E-state index is 12.4. The molecule has 0 saturated carbocycles. The molecule has 0 fully saturated rings. The minimum absolute atomic E-state index is 0.241. The van der Waals surface area contributed by atoms with E-state index in [4.69, 9.17) is 9.84 Å². The molecule has 0 spiro atoms. The number of carbonyl (C=O) groups excluding carboxylic acids is 1. The Bertz CT molecular complexity index is 737. The molecule has 122 valence electrons. The van der Waals surface area contributed by atoms with Gasteiger partial charge >= 0.3 is 5.97 Å². The molecule has 1 aromatic carbocycles. The Kier molecular flexibility index (Phi) is 5.00. The van der Waals surface area contributed by atoms with Gasteiger partial charge in [-0.1, -0.05) is 0 Å². The van der Waals surface area contributed by atoms with Crippen LogP contribution in [0.15, 0.2) is 24.3 Å². The first-order chi connectivity index (χ1) is 10.9. The number of amides is 1. The minimum Gasteiger partial charge on any atom is -0.482 e. The van der Waals surface area contributed by atoms with Crippen LogP contribution in [-0.4, -0.2) is 33.4 Å². The Labute approximate surface area is 133 Å². The van der Waals surface area contributed by atoms with Crippen molar-refractivity contribution in [1.82, 2.24) is 9.78 Å². The number of ether oxygens (including phenoxy) is 1. The van der Waals surface area contributed by atoms with Crippen LogP contribution in [0.4, 0.5) is 5.69 Å². The van der Waals surface area contributed by atoms with Crippen LogP contribution in [0.2, 0.25) is 0 Å². The number of nitrogens with one attached hydrogen (secondary N) is 1. The maximum absolute atomic E-state index is 12.4. The molecule has 0 unspecified atom stereocenters. The second kappa shape index (κ2) is 6.95. The fraction of sp³-hybridized carbons (Fsp3) is 0.312. The van der Waals surface area contributed by atoms with Gasteiger partial charge in [-0.15, -0.1) is 0 Å². The molecule has 1 aromatic heterocycles. The summed E-state index contributed by atoms with van der Waals surface area (Å²) in [4.78, 5) is 22.9. The summed E-state index contributed by atoms with van der Waals surface area (Å²) < 4.78 is 6.75. The highest BCUT2D eigenvalue weighted by Gasteiger charge is 2.14. The second-order valence-electron chi connectivity index (χ2n) is 5.10. The lowest BCUT2D eigenvalue weighted by molar-refractivity contribution is -0.139. The highest BCUT2D eigenvalue weighted by molar-refractivity contribution is 6.03. The molecule has 23 heavy (non-hydrogen) atoms. The lowest BCUT2D eigenvalue weighted by Crippen LogP contribution is -2.18. The third kappa shape index (κ3) is 4.09. The summed E-state index contributed by atoms with van der Waals surface area (Å²) in [6, 6.07) is 6.72. The number of carbonyl (C=O) groups is 2. The molecule has 0 aliphatic rings. The fourth-order valence-corrected chi connectivity index (χ4v) is 2.17. The predicted octanol–water partition coefficient (Wildman–Crippen LogP) is 2.24. The van der Waals surface area contributed by atoms with Crippen LogP contribution in [0.3, 0.4) is 0 Å². The zero-order valence-electron chi connectivity index (χ0n) is 13.3. The van der Waals surface area contributed by atoms with Crippen molar-refractivity contribution in [3.8, 4) is 5.75 Å². The first-order valence-corrected chi connectivity index (χ1v) is 7.21. The van der Waals surface area contributed by atoms with Gasteiger partial charge in [-0.3, -0.25) is 9.48 Å². The molecule has 0 aliphatic heterocycles. The van der Waals surface area contributed by atoms with Crippen LogP contribution in [0, 0.1) is 13.8 Å². The quantitative estimate of drug-likeness (QED) is 0.852. The van der Waals surface area contributed by atoms with Crippen molar-refractivity contribution in [3.63, 3.8) is 0 Å². The topological polar surface area (TPSA) is 93.5 Å². The van der Waals surface area contributed by atoms with Gasteiger partial charge in [-0.05, 0) is 50.6 Å². The van der Waals surface area contributed by atoms with Gasteiger partial charge < -0.3 is 15.2 Å². The first kappa shape index (κ1) is 16.5. The molecule has 1 amide bonds. The van der Waals surface area contributed by atoms with Gasteiger partial charge in [0.25, 0.3) is 5.91 Å². The summed E-state index contributed by atoms with van der Waals surface area (Å²) in [5.74, 6) is -0.838. The molecule has 1 heterocycles. The predicted molar refractivity (Wildman–Crippen MR) is 84.9 cm³/mol. The number of carboxylic acid groups (broad SMARTS) is 1. The normalized spacial score (nSPS) is 10.4. The van der Waals surface area contributed by atoms with E-state index in [2.05, 4.69) is 10.4 Å². The Morgan fingerprint density at radius 3 is 2.65 bits per heavy atom. The molecule has 0 aliphatic carbocycles. The molecule has 2 N–H and O–H groups in total. The average Bonchev–Trinajstić information content (AvgIpc) is 2.88. The summed E-state index contributed by atoms with van der Waals surface area (Å²) in [5.41, 5.74) is 2.70. The van der Waals surface area contributed by atoms with Crippen molar-refractivity contribution in [3.05, 3.63) is 41.2 Å². The summed E-state index contributed by atoms with van der Waals surface area (Å²) in [6.07, 6.45) is 0. The van der Waals surface area contributed by atoms with Crippen molar-refractivity contribution < 1.29 is 19.4 Å². The average molecular weight is 317 g/mol. The van der Waals surface area contributed by atoms with Crippen molar-refractivity contribution in [2.24, 2.45) is 0 Å². The zero-order valence-corrected chi connectivity index (χ0v) is 13.3. The van der Waals surface area contributed by atoms with Crippen LogP contribution in [0.5, 0.6) is 5.75 Å². The molecule has 7 heteroatoms. The van der Waals surface area contributed by atoms with E-state index in [1.54, 1.807) is 28.9 Å². The molecular weight excluding hydrogens is 298 g/mol. The second-order valence-corrected chi connectivity index (χ2v) is 5.10. The number of nitrogens with zero attached hydrogens (tertiary/aromatic N) is 2. The van der Waals surface area contributed by atoms with E-state index in [0.29, 0.717) is 23.7 Å². The van der Waals surface area contributed by atoms with Crippen LogP contribution in [-0.2, 0) is 11.3 Å². The zero-order chi connectivity index (χ0) is 17.0. The molecule has 2 rings (SSSR count). The number of anilines is 1. The van der Waals surface area contributed by atoms with Gasteiger partial charge in [0.15, 0.2) is 6.61 Å². The number of rotatable bonds is 6. The highest BCUT2D eigenvalue weighted by Crippen LogP contribution is 2.22. The van der Waals surface area contributed by atoms with Crippen molar-refractivity contribution in [2.45, 2.75) is 27.3 Å². The van der Waals surface area contributed by atoms with E-state index in [-0.39, 0.29) is 5.91 Å². The molecule has 0 radical (unpaired) electrons. The van der Waals surface area contributed by atoms with E-state index >= 15 is 0 Å². The number of aryl methyl sites for hydroxylation is 3.